The molecule has 0 unspecified atom stereocenters. The molecule has 0 nitrogen and oxygen atoms in total. The van der Waals surface area contributed by atoms with Crippen LogP contribution < -0.4 is 0 Å². The molecule has 0 aromatic rings. The van der Waals surface area contributed by atoms with Crippen molar-refractivity contribution in [3.05, 3.63) is 11.3 Å². The minimum atomic E-state index is -1.03. The Labute approximate surface area is 89.8 Å². The highest BCUT2D eigenvalue weighted by Gasteiger charge is 2.43. The van der Waals surface area contributed by atoms with Crippen molar-refractivity contribution >= 4 is 8.07 Å². The summed E-state index contributed by atoms with van der Waals surface area (Å²) in [4.78, 5) is 0. The van der Waals surface area contributed by atoms with Gasteiger partial charge in [0, 0.05) is 0 Å². The summed E-state index contributed by atoms with van der Waals surface area (Å²) in [6.07, 6.45) is 8.58. The van der Waals surface area contributed by atoms with Crippen molar-refractivity contribution in [3.63, 3.8) is 0 Å². The SMILES string of the molecule is C/C=C(\[C@@H]1C[C@H]2CC[C@@H]1C2)[Si](C)(C)C. The zero-order chi connectivity index (χ0) is 10.3. The molecule has 0 spiro atoms. The van der Waals surface area contributed by atoms with Crippen LogP contribution in [0.15, 0.2) is 11.3 Å². The highest BCUT2D eigenvalue weighted by Crippen LogP contribution is 2.52. The molecule has 2 aliphatic carbocycles. The van der Waals surface area contributed by atoms with Gasteiger partial charge in [-0.15, -0.1) is 0 Å². The minimum absolute atomic E-state index is 0.991. The molecule has 0 aromatic carbocycles. The van der Waals surface area contributed by atoms with Crippen LogP contribution in [0.2, 0.25) is 19.6 Å². The molecule has 0 saturated heterocycles. The lowest BCUT2D eigenvalue weighted by atomic mass is 9.88. The quantitative estimate of drug-likeness (QED) is 0.595. The summed E-state index contributed by atoms with van der Waals surface area (Å²) < 4.78 is 0. The van der Waals surface area contributed by atoms with E-state index in [2.05, 4.69) is 32.6 Å². The van der Waals surface area contributed by atoms with Crippen LogP contribution in [-0.2, 0) is 0 Å². The average Bonchev–Trinajstić information content (AvgIpc) is 2.63. The van der Waals surface area contributed by atoms with Crippen LogP contribution in [0.4, 0.5) is 0 Å². The van der Waals surface area contributed by atoms with Crippen molar-refractivity contribution in [1.29, 1.82) is 0 Å². The van der Waals surface area contributed by atoms with Gasteiger partial charge >= 0.3 is 0 Å². The molecule has 3 atom stereocenters. The minimum Gasteiger partial charge on any atom is -0.0920 e. The first-order valence-corrected chi connectivity index (χ1v) is 9.69. The highest BCUT2D eigenvalue weighted by molar-refractivity contribution is 6.83. The van der Waals surface area contributed by atoms with Gasteiger partial charge in [0.2, 0.25) is 0 Å². The predicted molar refractivity (Wildman–Crippen MR) is 66.0 cm³/mol. The fraction of sp³-hybridized carbons (Fsp3) is 0.846. The summed E-state index contributed by atoms with van der Waals surface area (Å²) in [6, 6.07) is 0. The fourth-order valence-corrected chi connectivity index (χ4v) is 6.16. The van der Waals surface area contributed by atoms with E-state index < -0.39 is 8.07 Å². The molecule has 2 bridgehead atoms. The molecule has 2 saturated carbocycles. The average molecular weight is 208 g/mol. The van der Waals surface area contributed by atoms with Crippen LogP contribution in [0.5, 0.6) is 0 Å². The Kier molecular flexibility index (Phi) is 2.63. The van der Waals surface area contributed by atoms with Gasteiger partial charge in [-0.1, -0.05) is 37.3 Å². The molecular formula is C13H24Si. The van der Waals surface area contributed by atoms with E-state index >= 15 is 0 Å². The molecule has 2 aliphatic rings. The lowest BCUT2D eigenvalue weighted by Gasteiger charge is -2.32. The molecule has 0 aromatic heterocycles. The number of hydrogen-bond acceptors (Lipinski definition) is 0. The Morgan fingerprint density at radius 3 is 2.21 bits per heavy atom. The third kappa shape index (κ3) is 1.71. The molecule has 1 heteroatoms. The van der Waals surface area contributed by atoms with Gasteiger partial charge < -0.3 is 0 Å². The van der Waals surface area contributed by atoms with Gasteiger partial charge in [-0.2, -0.15) is 0 Å². The zero-order valence-corrected chi connectivity index (χ0v) is 11.1. The number of hydrogen-bond donors (Lipinski definition) is 0. The standard InChI is InChI=1S/C13H24Si/c1-5-13(14(2,3)4)12-9-10-6-7-11(12)8-10/h5,10-12H,6-9H2,1-4H3/b13-5+/t10-,11+,12+/m0/s1. The number of allylic oxidation sites excluding steroid dienone is 2. The van der Waals surface area contributed by atoms with Crippen LogP contribution >= 0.6 is 0 Å². The van der Waals surface area contributed by atoms with E-state index in [1.807, 2.05) is 5.20 Å². The second kappa shape index (κ2) is 3.51. The van der Waals surface area contributed by atoms with Crippen molar-refractivity contribution in [2.75, 3.05) is 0 Å². The van der Waals surface area contributed by atoms with Gasteiger partial charge in [0.15, 0.2) is 0 Å². The predicted octanol–water partition coefficient (Wildman–Crippen LogP) is 4.25. The Morgan fingerprint density at radius 1 is 1.14 bits per heavy atom. The first-order valence-electron chi connectivity index (χ1n) is 6.19. The molecule has 0 heterocycles. The second-order valence-corrected chi connectivity index (χ2v) is 11.4. The lowest BCUT2D eigenvalue weighted by Crippen LogP contribution is -2.31. The summed E-state index contributed by atoms with van der Waals surface area (Å²) in [7, 11) is -1.03. The van der Waals surface area contributed by atoms with Gasteiger partial charge in [0.05, 0.1) is 8.07 Å². The van der Waals surface area contributed by atoms with Crippen molar-refractivity contribution in [2.24, 2.45) is 17.8 Å². The zero-order valence-electron chi connectivity index (χ0n) is 10.1. The van der Waals surface area contributed by atoms with Gasteiger partial charge in [0.25, 0.3) is 0 Å². The molecule has 80 valence electrons. The molecule has 0 radical (unpaired) electrons. The monoisotopic (exact) mass is 208 g/mol. The Bertz CT molecular complexity index is 246. The van der Waals surface area contributed by atoms with E-state index in [0.717, 1.165) is 17.8 Å². The summed E-state index contributed by atoms with van der Waals surface area (Å²) in [6.45, 7) is 9.79. The number of rotatable bonds is 2. The number of fused-ring (bicyclic) bond motifs is 2. The molecule has 2 fully saturated rings. The van der Waals surface area contributed by atoms with Crippen LogP contribution in [0.25, 0.3) is 0 Å². The molecular weight excluding hydrogens is 184 g/mol. The van der Waals surface area contributed by atoms with E-state index in [0.29, 0.717) is 0 Å². The van der Waals surface area contributed by atoms with Gasteiger partial charge in [0.1, 0.15) is 0 Å². The fourth-order valence-electron chi connectivity index (χ4n) is 3.83. The van der Waals surface area contributed by atoms with E-state index in [9.17, 15) is 0 Å². The summed E-state index contributed by atoms with van der Waals surface area (Å²) >= 11 is 0. The third-order valence-corrected chi connectivity index (χ3v) is 6.71. The Morgan fingerprint density at radius 2 is 1.86 bits per heavy atom. The van der Waals surface area contributed by atoms with Gasteiger partial charge in [-0.3, -0.25) is 0 Å². The first kappa shape index (κ1) is 10.5. The molecule has 0 amide bonds. The smallest absolute Gasteiger partial charge is 0.0723 e. The second-order valence-electron chi connectivity index (χ2n) is 6.28. The molecule has 2 rings (SSSR count). The van der Waals surface area contributed by atoms with Crippen LogP contribution in [0.3, 0.4) is 0 Å². The highest BCUT2D eigenvalue weighted by atomic mass is 28.3. The van der Waals surface area contributed by atoms with Crippen molar-refractivity contribution in [2.45, 2.75) is 52.2 Å². The van der Waals surface area contributed by atoms with E-state index in [-0.39, 0.29) is 0 Å². The largest absolute Gasteiger partial charge is 0.0920 e. The topological polar surface area (TPSA) is 0 Å². The maximum absolute atomic E-state index is 2.51. The van der Waals surface area contributed by atoms with E-state index in [4.69, 9.17) is 0 Å². The Hall–Kier alpha value is -0.0431. The van der Waals surface area contributed by atoms with Crippen LogP contribution in [-0.4, -0.2) is 8.07 Å². The van der Waals surface area contributed by atoms with Gasteiger partial charge in [-0.25, -0.2) is 0 Å². The van der Waals surface area contributed by atoms with Crippen LogP contribution in [0, 0.1) is 17.8 Å². The van der Waals surface area contributed by atoms with Gasteiger partial charge in [-0.05, 0) is 43.9 Å². The van der Waals surface area contributed by atoms with Crippen LogP contribution in [0.1, 0.15) is 32.6 Å². The lowest BCUT2D eigenvalue weighted by molar-refractivity contribution is 0.386. The van der Waals surface area contributed by atoms with Crippen molar-refractivity contribution in [1.82, 2.24) is 0 Å². The summed E-state index contributed by atoms with van der Waals surface area (Å²) in [5.74, 6) is 3.15. The van der Waals surface area contributed by atoms with Crippen molar-refractivity contribution < 1.29 is 0 Å². The normalized spacial score (nSPS) is 38.0. The maximum Gasteiger partial charge on any atom is 0.0723 e. The summed E-state index contributed by atoms with van der Waals surface area (Å²) in [5.41, 5.74) is 0. The maximum atomic E-state index is 2.51. The third-order valence-electron chi connectivity index (χ3n) is 4.31. The van der Waals surface area contributed by atoms with E-state index in [1.54, 1.807) is 6.42 Å². The summed E-state index contributed by atoms with van der Waals surface area (Å²) in [5, 5.41) is 1.87. The van der Waals surface area contributed by atoms with E-state index in [1.165, 1.54) is 19.3 Å². The molecule has 0 aliphatic heterocycles. The molecule has 14 heavy (non-hydrogen) atoms. The Balaban J connectivity index is 2.15. The first-order chi connectivity index (χ1) is 6.52. The van der Waals surface area contributed by atoms with Crippen molar-refractivity contribution in [3.8, 4) is 0 Å². The molecule has 0 N–H and O–H groups in total.